The number of halogens is 4. The summed E-state index contributed by atoms with van der Waals surface area (Å²) < 4.78 is 40.8. The second kappa shape index (κ2) is 8.72. The molecule has 4 rings (SSSR count). The van der Waals surface area contributed by atoms with Gasteiger partial charge in [-0.3, -0.25) is 9.55 Å². The van der Waals surface area contributed by atoms with E-state index in [1.54, 1.807) is 42.9 Å². The van der Waals surface area contributed by atoms with Crippen molar-refractivity contribution in [2.45, 2.75) is 6.18 Å². The van der Waals surface area contributed by atoms with Crippen LogP contribution in [0, 0.1) is 0 Å². The largest absolute Gasteiger partial charge is 0.417 e. The van der Waals surface area contributed by atoms with Crippen molar-refractivity contribution in [3.05, 3.63) is 90.0 Å². The second-order valence-corrected chi connectivity index (χ2v) is 7.08. The molecule has 2 heterocycles. The number of urea groups is 1. The molecule has 2 amide bonds. The molecule has 0 radical (unpaired) electrons. The second-order valence-electron chi connectivity index (χ2n) is 6.68. The van der Waals surface area contributed by atoms with Crippen LogP contribution in [0.1, 0.15) is 5.56 Å². The number of carbonyl (C=O) groups is 1. The Bertz CT molecular complexity index is 1240. The van der Waals surface area contributed by atoms with Crippen LogP contribution in [0.25, 0.3) is 17.1 Å². The Morgan fingerprint density at radius 3 is 2.25 bits per heavy atom. The summed E-state index contributed by atoms with van der Waals surface area (Å²) in [5.74, 6) is 0.731. The molecule has 2 aromatic heterocycles. The van der Waals surface area contributed by atoms with Crippen LogP contribution in [0.3, 0.4) is 0 Å². The first-order chi connectivity index (χ1) is 15.3. The van der Waals surface area contributed by atoms with E-state index in [0.717, 1.165) is 29.2 Å². The van der Waals surface area contributed by atoms with Crippen LogP contribution in [0.5, 0.6) is 0 Å². The van der Waals surface area contributed by atoms with Gasteiger partial charge in [-0.25, -0.2) is 9.78 Å². The van der Waals surface area contributed by atoms with E-state index in [0.29, 0.717) is 5.69 Å². The Labute approximate surface area is 185 Å². The Hall–Kier alpha value is -3.85. The number of aromatic nitrogens is 3. The fourth-order valence-electron chi connectivity index (χ4n) is 3.05. The SMILES string of the molecule is O=C(Nc1ccc(-n2ccnc2-c2ccncc2)cc1)Nc1ccc(Cl)c(C(F)(F)F)c1. The first-order valence-corrected chi connectivity index (χ1v) is 9.68. The number of amides is 2. The maximum Gasteiger partial charge on any atom is 0.417 e. The number of imidazole rings is 1. The Morgan fingerprint density at radius 2 is 1.56 bits per heavy atom. The average Bonchev–Trinajstić information content (AvgIpc) is 3.25. The van der Waals surface area contributed by atoms with E-state index in [1.807, 2.05) is 22.9 Å². The maximum atomic E-state index is 13.0. The molecule has 0 saturated heterocycles. The minimum absolute atomic E-state index is 0.0312. The van der Waals surface area contributed by atoms with E-state index in [1.165, 1.54) is 6.07 Å². The lowest BCUT2D eigenvalue weighted by atomic mass is 10.2. The van der Waals surface area contributed by atoms with Crippen molar-refractivity contribution < 1.29 is 18.0 Å². The first kappa shape index (κ1) is 21.4. The van der Waals surface area contributed by atoms with Gasteiger partial charge in [0.15, 0.2) is 0 Å². The lowest BCUT2D eigenvalue weighted by Crippen LogP contribution is -2.20. The van der Waals surface area contributed by atoms with Crippen molar-refractivity contribution in [1.82, 2.24) is 14.5 Å². The van der Waals surface area contributed by atoms with Gasteiger partial charge in [0, 0.05) is 47.4 Å². The highest BCUT2D eigenvalue weighted by Crippen LogP contribution is 2.36. The van der Waals surface area contributed by atoms with E-state index in [-0.39, 0.29) is 5.69 Å². The highest BCUT2D eigenvalue weighted by atomic mass is 35.5. The highest BCUT2D eigenvalue weighted by Gasteiger charge is 2.33. The topological polar surface area (TPSA) is 71.8 Å². The highest BCUT2D eigenvalue weighted by molar-refractivity contribution is 6.31. The molecule has 162 valence electrons. The van der Waals surface area contributed by atoms with Crippen LogP contribution in [-0.2, 0) is 6.18 Å². The molecule has 0 aliphatic carbocycles. The lowest BCUT2D eigenvalue weighted by Gasteiger charge is -2.13. The van der Waals surface area contributed by atoms with Crippen molar-refractivity contribution in [1.29, 1.82) is 0 Å². The average molecular weight is 458 g/mol. The van der Waals surface area contributed by atoms with Gasteiger partial charge in [0.2, 0.25) is 0 Å². The van der Waals surface area contributed by atoms with E-state index < -0.39 is 22.8 Å². The number of benzene rings is 2. The molecule has 0 unspecified atom stereocenters. The Morgan fingerprint density at radius 1 is 0.906 bits per heavy atom. The smallest absolute Gasteiger partial charge is 0.308 e. The van der Waals surface area contributed by atoms with Gasteiger partial charge in [0.1, 0.15) is 5.82 Å². The molecule has 0 bridgehead atoms. The third-order valence-corrected chi connectivity index (χ3v) is 4.84. The van der Waals surface area contributed by atoms with Crippen molar-refractivity contribution in [2.75, 3.05) is 10.6 Å². The van der Waals surface area contributed by atoms with Gasteiger partial charge < -0.3 is 10.6 Å². The van der Waals surface area contributed by atoms with Crippen LogP contribution in [0.4, 0.5) is 29.3 Å². The van der Waals surface area contributed by atoms with Crippen LogP contribution in [-0.4, -0.2) is 20.6 Å². The fourth-order valence-corrected chi connectivity index (χ4v) is 3.27. The van der Waals surface area contributed by atoms with E-state index in [4.69, 9.17) is 11.6 Å². The summed E-state index contributed by atoms with van der Waals surface area (Å²) in [6.45, 7) is 0. The van der Waals surface area contributed by atoms with Crippen LogP contribution >= 0.6 is 11.6 Å². The molecule has 0 aliphatic heterocycles. The molecule has 0 saturated carbocycles. The maximum absolute atomic E-state index is 13.0. The van der Waals surface area contributed by atoms with Gasteiger partial charge >= 0.3 is 12.2 Å². The van der Waals surface area contributed by atoms with Crippen molar-refractivity contribution >= 4 is 29.0 Å². The summed E-state index contributed by atoms with van der Waals surface area (Å²) in [6.07, 6.45) is 2.22. The number of rotatable bonds is 4. The van der Waals surface area contributed by atoms with Gasteiger partial charge in [-0.05, 0) is 54.6 Å². The predicted octanol–water partition coefficient (Wildman–Crippen LogP) is 6.25. The number of nitrogens with one attached hydrogen (secondary N) is 2. The first-order valence-electron chi connectivity index (χ1n) is 9.30. The zero-order chi connectivity index (χ0) is 22.7. The third-order valence-electron chi connectivity index (χ3n) is 4.51. The monoisotopic (exact) mass is 457 g/mol. The summed E-state index contributed by atoms with van der Waals surface area (Å²) in [4.78, 5) is 20.6. The van der Waals surface area contributed by atoms with Crippen LogP contribution in [0.2, 0.25) is 5.02 Å². The standard InChI is InChI=1S/C22H15ClF3N5O/c23-19-6-3-16(13-18(19)22(24,25)26)30-21(32)29-15-1-4-17(5-2-15)31-12-11-28-20(31)14-7-9-27-10-8-14/h1-13H,(H2,29,30,32). The number of carbonyl (C=O) groups excluding carboxylic acids is 1. The van der Waals surface area contributed by atoms with E-state index in [2.05, 4.69) is 20.6 Å². The normalized spacial score (nSPS) is 11.2. The molecule has 32 heavy (non-hydrogen) atoms. The van der Waals surface area contributed by atoms with Crippen molar-refractivity contribution in [3.63, 3.8) is 0 Å². The summed E-state index contributed by atoms with van der Waals surface area (Å²) in [7, 11) is 0. The fraction of sp³-hybridized carbons (Fsp3) is 0.0455. The molecule has 0 aliphatic rings. The quantitative estimate of drug-likeness (QED) is 0.380. The Kier molecular flexibility index (Phi) is 5.83. The molecule has 2 aromatic carbocycles. The third kappa shape index (κ3) is 4.73. The van der Waals surface area contributed by atoms with Gasteiger partial charge in [0.05, 0.1) is 10.6 Å². The summed E-state index contributed by atoms with van der Waals surface area (Å²) >= 11 is 5.60. The molecule has 4 aromatic rings. The van der Waals surface area contributed by atoms with E-state index in [9.17, 15) is 18.0 Å². The molecule has 6 nitrogen and oxygen atoms in total. The number of anilines is 2. The number of hydrogen-bond donors (Lipinski definition) is 2. The zero-order valence-corrected chi connectivity index (χ0v) is 17.0. The van der Waals surface area contributed by atoms with Crippen molar-refractivity contribution in [3.8, 4) is 17.1 Å². The molecular weight excluding hydrogens is 443 g/mol. The lowest BCUT2D eigenvalue weighted by molar-refractivity contribution is -0.137. The summed E-state index contributed by atoms with van der Waals surface area (Å²) in [5.41, 5.74) is 1.12. The molecule has 0 fully saturated rings. The van der Waals surface area contributed by atoms with Gasteiger partial charge in [-0.15, -0.1) is 0 Å². The van der Waals surface area contributed by atoms with Gasteiger partial charge in [-0.2, -0.15) is 13.2 Å². The molecule has 0 spiro atoms. The molecule has 0 atom stereocenters. The number of nitrogens with zero attached hydrogens (tertiary/aromatic N) is 3. The van der Waals surface area contributed by atoms with E-state index >= 15 is 0 Å². The van der Waals surface area contributed by atoms with Crippen molar-refractivity contribution in [2.24, 2.45) is 0 Å². The number of hydrogen-bond acceptors (Lipinski definition) is 3. The molecule has 10 heteroatoms. The number of pyridine rings is 1. The summed E-state index contributed by atoms with van der Waals surface area (Å²) in [6, 6.07) is 13.1. The number of alkyl halides is 3. The van der Waals surface area contributed by atoms with Crippen LogP contribution < -0.4 is 10.6 Å². The predicted molar refractivity (Wildman–Crippen MR) is 116 cm³/mol. The van der Waals surface area contributed by atoms with Crippen LogP contribution in [0.15, 0.2) is 79.4 Å². The molecular formula is C22H15ClF3N5O. The van der Waals surface area contributed by atoms with Gasteiger partial charge in [0.25, 0.3) is 0 Å². The minimum atomic E-state index is -4.62. The minimum Gasteiger partial charge on any atom is -0.308 e. The van der Waals surface area contributed by atoms with Gasteiger partial charge in [-0.1, -0.05) is 11.6 Å². The molecule has 2 N–H and O–H groups in total. The summed E-state index contributed by atoms with van der Waals surface area (Å²) in [5, 5.41) is 4.52. The zero-order valence-electron chi connectivity index (χ0n) is 16.3. The Balaban J connectivity index is 1.46.